The van der Waals surface area contributed by atoms with Gasteiger partial charge in [-0.2, -0.15) is 101 Å². The Morgan fingerprint density at radius 2 is 0.424 bits per heavy atom. The summed E-state index contributed by atoms with van der Waals surface area (Å²) in [5.74, 6) is -190. The predicted octanol–water partition coefficient (Wildman–Crippen LogP) is 21.3. The van der Waals surface area contributed by atoms with Crippen molar-refractivity contribution in [3.05, 3.63) is 32.4 Å². The van der Waals surface area contributed by atoms with Crippen molar-refractivity contribution in [2.45, 2.75) is 215 Å². The predicted molar refractivity (Wildman–Crippen MR) is 224 cm³/mol. The van der Waals surface area contributed by atoms with Gasteiger partial charge >= 0.3 is 418 Å². The Kier molecular flexibility index (Phi) is 24.7. The first-order valence-electron chi connectivity index (χ1n) is 24.0. The number of benzene rings is 1. The molecule has 0 saturated heterocycles. The topological polar surface area (TPSA) is 52.6 Å². The number of aryl methyl sites for hydroxylation is 2. The van der Waals surface area contributed by atoms with E-state index in [-0.39, 0.29) is 26.0 Å². The van der Waals surface area contributed by atoms with Crippen molar-refractivity contribution < 1.29 is 240 Å². The third-order valence-corrected chi connectivity index (χ3v) is 16.8. The Balaban J connectivity index is 4.58. The summed E-state index contributed by atoms with van der Waals surface area (Å²) in [7, 11) is 0. The number of carbonyl (C=O) groups is 2. The second kappa shape index (κ2) is 26.5. The first-order valence-corrected chi connectivity index (χ1v) is 26.8. The molecule has 1 aromatic rings. The molecule has 0 unspecified atom stereocenters. The molecule has 0 aliphatic heterocycles. The summed E-state index contributed by atoms with van der Waals surface area (Å²) < 4.78 is 720. The van der Waals surface area contributed by atoms with Crippen LogP contribution in [0.25, 0.3) is 0 Å². The monoisotopic (exact) mass is 1700 g/mol. The van der Waals surface area contributed by atoms with Crippen molar-refractivity contribution in [2.75, 3.05) is 0 Å². The van der Waals surface area contributed by atoms with E-state index in [4.69, 9.17) is 0 Å². The Labute approximate surface area is 519 Å². The first kappa shape index (κ1) is 92.3. The molecule has 0 bridgehead atoms. The van der Waals surface area contributed by atoms with E-state index < -0.39 is 254 Å². The first-order chi connectivity index (χ1) is 42.6. The van der Waals surface area contributed by atoms with Gasteiger partial charge in [-0.1, -0.05) is 0 Å². The van der Waals surface area contributed by atoms with Crippen LogP contribution in [-0.2, 0) is 35.0 Å². The molecule has 0 spiro atoms. The summed E-state index contributed by atoms with van der Waals surface area (Å²) in [5.41, 5.74) is -5.74. The minimum atomic E-state index is -9.38. The van der Waals surface area contributed by atoms with Crippen LogP contribution in [0.1, 0.15) is 69.1 Å². The molecule has 0 atom stereocenters. The Morgan fingerprint density at radius 1 is 0.263 bits per heavy atom. The number of alkyl halides is 51. The van der Waals surface area contributed by atoms with Crippen LogP contribution in [0.2, 0.25) is 0 Å². The van der Waals surface area contributed by atoms with Gasteiger partial charge in [-0.15, -0.1) is 0 Å². The average molecular weight is 1700 g/mol. The summed E-state index contributed by atoms with van der Waals surface area (Å²) >= 11 is -5.28. The summed E-state index contributed by atoms with van der Waals surface area (Å²) in [6, 6.07) is -0.523. The van der Waals surface area contributed by atoms with E-state index in [2.05, 4.69) is 6.13 Å². The average Bonchev–Trinajstić information content (AvgIpc) is 0.707. The maximum absolute atomic E-state index is 15.1. The summed E-state index contributed by atoms with van der Waals surface area (Å²) in [6.07, 6.45) is -51.7. The van der Waals surface area contributed by atoms with E-state index >= 15 is 26.3 Å². The van der Waals surface area contributed by atoms with Crippen LogP contribution in [0, 0.1) is 3.57 Å². The van der Waals surface area contributed by atoms with E-state index in [1.54, 1.807) is 0 Å². The molecule has 1 rings (SSSR count). The van der Waals surface area contributed by atoms with Crippen LogP contribution < -0.4 is 0 Å². The fraction of sp³-hybridized carbons (Fsp3) is 0.814. The van der Waals surface area contributed by atoms with Crippen LogP contribution >= 0.6 is 20.6 Å². The van der Waals surface area contributed by atoms with Crippen LogP contribution in [0.15, 0.2) is 12.1 Å². The summed E-state index contributed by atoms with van der Waals surface area (Å²) in [5, 5.41) is 0. The zero-order valence-electron chi connectivity index (χ0n) is 45.8. The third-order valence-electron chi connectivity index (χ3n) is 13.1. The molecular formula is C43H26F51IO4. The normalized spacial score (nSPS) is 16.2. The zero-order valence-corrected chi connectivity index (χ0v) is 48.0. The van der Waals surface area contributed by atoms with Crippen molar-refractivity contribution in [2.24, 2.45) is 0 Å². The standard InChI is InChI=1S/C43H26F51IO4/c1-14(96)98-95(99-15(2)97)18-12-16(6-3-9-20(44,45)23(50,51)26(56,57)29(62,63)32(68,69)35(74,75)38(80,81)41(86,87)88)19(8-5-11-22(48,49)25(54,55)28(60,61)31(66,67)34(72,73)37(78,79)40(84,85)43(92,93)94)17(13-18)7-4-10-21(46,47)24(52,53)27(58,59)30(64,65)33(70,71)36(76,77)39(82,83)42(89,90)91/h12-13H,3-11H2,1-2H3. The molecule has 0 aliphatic rings. The van der Waals surface area contributed by atoms with Gasteiger partial charge in [-0.05, 0) is 0 Å². The third kappa shape index (κ3) is 14.3. The van der Waals surface area contributed by atoms with Gasteiger partial charge in [-0.25, -0.2) is 0 Å². The molecule has 0 aromatic heterocycles. The molecule has 0 amide bonds. The molecule has 56 heteroatoms. The molecule has 0 N–H and O–H groups in total. The van der Waals surface area contributed by atoms with E-state index in [0.29, 0.717) is 0 Å². The molecule has 0 saturated carbocycles. The van der Waals surface area contributed by atoms with Crippen LogP contribution in [-0.4, -0.2) is 155 Å². The molecule has 586 valence electrons. The van der Waals surface area contributed by atoms with Gasteiger partial charge in [-0.3, -0.25) is 0 Å². The SMILES string of the molecule is CC(=O)OI(OC(C)=O)c1cc(CCCC(F)(F)C(F)(F)C(F)(F)C(F)(F)C(F)(F)C(F)(F)C(F)(F)C(F)(F)F)c(CCCC(F)(F)C(F)(F)C(F)(F)C(F)(F)C(F)(F)C(F)(F)C(F)(F)C(F)(F)F)c(CCCC(F)(F)C(F)(F)C(F)(F)C(F)(F)C(F)(F)C(F)(F)C(F)(F)C(F)(F)F)c1. The Bertz CT molecular complexity index is 2860. The number of hydrogen-bond donors (Lipinski definition) is 0. The van der Waals surface area contributed by atoms with E-state index in [1.165, 1.54) is 0 Å². The van der Waals surface area contributed by atoms with Gasteiger partial charge in [0.1, 0.15) is 0 Å². The van der Waals surface area contributed by atoms with Crippen molar-refractivity contribution in [3.8, 4) is 0 Å². The van der Waals surface area contributed by atoms with Crippen LogP contribution in [0.5, 0.6) is 0 Å². The zero-order chi connectivity index (χ0) is 80.2. The van der Waals surface area contributed by atoms with Gasteiger partial charge in [0, 0.05) is 0 Å². The summed E-state index contributed by atoms with van der Waals surface area (Å²) in [6.45, 7) is 0.371. The molecule has 1 aromatic carbocycles. The number of halogens is 52. The number of hydrogen-bond acceptors (Lipinski definition) is 4. The molecule has 0 heterocycles. The van der Waals surface area contributed by atoms with Crippen molar-refractivity contribution in [1.29, 1.82) is 0 Å². The van der Waals surface area contributed by atoms with Gasteiger partial charge < -0.3 is 0 Å². The second-order valence-electron chi connectivity index (χ2n) is 20.1. The second-order valence-corrected chi connectivity index (χ2v) is 23.4. The molecule has 0 radical (unpaired) electrons. The fourth-order valence-electron chi connectivity index (χ4n) is 7.46. The molecule has 99 heavy (non-hydrogen) atoms. The van der Waals surface area contributed by atoms with E-state index in [9.17, 15) is 207 Å². The van der Waals surface area contributed by atoms with Crippen LogP contribution in [0.4, 0.5) is 224 Å². The maximum atomic E-state index is 15.1. The minimum absolute atomic E-state index is 0.185. The molecule has 0 fully saturated rings. The molecule has 0 aliphatic carbocycles. The quantitative estimate of drug-likeness (QED) is 0.0520. The van der Waals surface area contributed by atoms with Gasteiger partial charge in [0.15, 0.2) is 0 Å². The van der Waals surface area contributed by atoms with Gasteiger partial charge in [0.2, 0.25) is 0 Å². The Morgan fingerprint density at radius 3 is 0.596 bits per heavy atom. The molecular weight excluding hydrogens is 1680 g/mol. The van der Waals surface area contributed by atoms with Crippen molar-refractivity contribution in [3.63, 3.8) is 0 Å². The van der Waals surface area contributed by atoms with Gasteiger partial charge in [0.05, 0.1) is 0 Å². The summed E-state index contributed by atoms with van der Waals surface area (Å²) in [4.78, 5) is 23.8. The van der Waals surface area contributed by atoms with Crippen molar-refractivity contribution >= 4 is 32.6 Å². The Hall–Kier alpha value is -4.68. The number of carbonyl (C=O) groups excluding carboxylic acids is 2. The van der Waals surface area contributed by atoms with E-state index in [0.717, 1.165) is 0 Å². The van der Waals surface area contributed by atoms with E-state index in [1.807, 2.05) is 0 Å². The molecule has 4 nitrogen and oxygen atoms in total. The van der Waals surface area contributed by atoms with Crippen LogP contribution in [0.3, 0.4) is 0 Å². The van der Waals surface area contributed by atoms with Crippen molar-refractivity contribution in [1.82, 2.24) is 0 Å². The number of rotatable bonds is 33. The fourth-order valence-corrected chi connectivity index (χ4v) is 10.4. The van der Waals surface area contributed by atoms with Gasteiger partial charge in [0.25, 0.3) is 0 Å².